The molecule has 1 amide bonds. The van der Waals surface area contributed by atoms with Crippen molar-refractivity contribution >= 4 is 23.2 Å². The van der Waals surface area contributed by atoms with E-state index in [0.29, 0.717) is 17.3 Å². The van der Waals surface area contributed by atoms with Gasteiger partial charge in [0, 0.05) is 23.1 Å². The number of carbonyl (C=O) groups is 1. The SMILES string of the molecule is CC(N)=O.Cc1noc2c1-c1ccc(F)cc1C(c1ccc(Cl)cc1)=NC2. The zero-order chi connectivity index (χ0) is 19.6. The molecule has 7 heteroatoms. The predicted octanol–water partition coefficient (Wildman–Crippen LogP) is 4.29. The molecule has 0 radical (unpaired) electrons. The fraction of sp³-hybridized carbons (Fsp3) is 0.150. The summed E-state index contributed by atoms with van der Waals surface area (Å²) in [6.45, 7) is 3.55. The smallest absolute Gasteiger partial charge is 0.214 e. The van der Waals surface area contributed by atoms with Gasteiger partial charge in [0.2, 0.25) is 5.91 Å². The lowest BCUT2D eigenvalue weighted by Crippen LogP contribution is -2.05. The van der Waals surface area contributed by atoms with Crippen LogP contribution in [0.2, 0.25) is 5.02 Å². The molecule has 3 aromatic rings. The van der Waals surface area contributed by atoms with Crippen LogP contribution in [0.1, 0.15) is 29.5 Å². The third-order valence-corrected chi connectivity index (χ3v) is 4.19. The van der Waals surface area contributed by atoms with Crippen molar-refractivity contribution < 1.29 is 13.7 Å². The molecule has 0 bridgehead atoms. The van der Waals surface area contributed by atoms with E-state index in [0.717, 1.165) is 33.7 Å². The Balaban J connectivity index is 0.000000481. The van der Waals surface area contributed by atoms with Crippen molar-refractivity contribution in [1.82, 2.24) is 5.16 Å². The first kappa shape index (κ1) is 18.8. The van der Waals surface area contributed by atoms with Crippen LogP contribution in [-0.2, 0) is 11.3 Å². The van der Waals surface area contributed by atoms with Crippen LogP contribution in [0.3, 0.4) is 0 Å². The fourth-order valence-corrected chi connectivity index (χ4v) is 3.02. The molecule has 0 spiro atoms. The number of nitrogens with two attached hydrogens (primary N) is 1. The van der Waals surface area contributed by atoms with E-state index in [1.807, 2.05) is 19.1 Å². The number of nitrogens with zero attached hydrogens (tertiary/aromatic N) is 2. The van der Waals surface area contributed by atoms with Crippen molar-refractivity contribution in [2.45, 2.75) is 20.4 Å². The summed E-state index contributed by atoms with van der Waals surface area (Å²) in [7, 11) is 0. The van der Waals surface area contributed by atoms with Crippen molar-refractivity contribution in [3.63, 3.8) is 0 Å². The first-order chi connectivity index (χ1) is 12.9. The molecule has 2 heterocycles. The Hall–Kier alpha value is -2.99. The quantitative estimate of drug-likeness (QED) is 0.678. The monoisotopic (exact) mass is 385 g/mol. The minimum Gasteiger partial charge on any atom is -0.370 e. The van der Waals surface area contributed by atoms with Crippen molar-refractivity contribution in [2.75, 3.05) is 0 Å². The van der Waals surface area contributed by atoms with Gasteiger partial charge in [-0.05, 0) is 36.8 Å². The zero-order valence-electron chi connectivity index (χ0n) is 14.8. The number of aromatic nitrogens is 1. The van der Waals surface area contributed by atoms with Crippen molar-refractivity contribution in [1.29, 1.82) is 0 Å². The lowest BCUT2D eigenvalue weighted by molar-refractivity contribution is -0.115. The number of primary amides is 1. The van der Waals surface area contributed by atoms with Gasteiger partial charge < -0.3 is 10.3 Å². The molecule has 4 rings (SSSR count). The Morgan fingerprint density at radius 1 is 1.19 bits per heavy atom. The summed E-state index contributed by atoms with van der Waals surface area (Å²) in [5, 5.41) is 4.66. The Morgan fingerprint density at radius 2 is 1.85 bits per heavy atom. The van der Waals surface area contributed by atoms with E-state index in [1.165, 1.54) is 19.1 Å². The number of aryl methyl sites for hydroxylation is 1. The zero-order valence-corrected chi connectivity index (χ0v) is 15.5. The molecular weight excluding hydrogens is 369 g/mol. The summed E-state index contributed by atoms with van der Waals surface area (Å²) in [4.78, 5) is 13.9. The molecule has 1 aliphatic heterocycles. The van der Waals surface area contributed by atoms with Crippen LogP contribution in [0.4, 0.5) is 4.39 Å². The first-order valence-electron chi connectivity index (χ1n) is 8.18. The molecule has 5 nitrogen and oxygen atoms in total. The molecule has 0 atom stereocenters. The van der Waals surface area contributed by atoms with Gasteiger partial charge in [-0.15, -0.1) is 0 Å². The van der Waals surface area contributed by atoms with E-state index in [2.05, 4.69) is 15.9 Å². The average Bonchev–Trinajstić information content (AvgIpc) is 2.89. The Labute approximate surface area is 160 Å². The van der Waals surface area contributed by atoms with E-state index in [9.17, 15) is 9.18 Å². The van der Waals surface area contributed by atoms with E-state index in [4.69, 9.17) is 16.1 Å². The van der Waals surface area contributed by atoms with Crippen LogP contribution in [0.5, 0.6) is 0 Å². The largest absolute Gasteiger partial charge is 0.370 e. The molecule has 0 saturated heterocycles. The molecule has 2 N–H and O–H groups in total. The molecule has 1 aromatic heterocycles. The minimum atomic E-state index is -0.333. The lowest BCUT2D eigenvalue weighted by Gasteiger charge is -2.10. The third-order valence-electron chi connectivity index (χ3n) is 3.94. The van der Waals surface area contributed by atoms with Gasteiger partial charge in [0.25, 0.3) is 0 Å². The van der Waals surface area contributed by atoms with Crippen LogP contribution in [0.15, 0.2) is 52.0 Å². The molecule has 0 unspecified atom stereocenters. The first-order valence-corrected chi connectivity index (χ1v) is 8.56. The Morgan fingerprint density at radius 3 is 2.52 bits per heavy atom. The number of rotatable bonds is 1. The molecule has 27 heavy (non-hydrogen) atoms. The average molecular weight is 386 g/mol. The highest BCUT2D eigenvalue weighted by Gasteiger charge is 2.24. The summed E-state index contributed by atoms with van der Waals surface area (Å²) < 4.78 is 19.3. The lowest BCUT2D eigenvalue weighted by atomic mass is 9.93. The number of carbonyl (C=O) groups excluding carboxylic acids is 1. The molecular formula is C20H17ClFN3O2. The van der Waals surface area contributed by atoms with Crippen molar-refractivity contribution in [3.05, 3.63) is 75.9 Å². The Kier molecular flexibility index (Phi) is 5.37. The second-order valence-electron chi connectivity index (χ2n) is 6.04. The van der Waals surface area contributed by atoms with Gasteiger partial charge in [0.15, 0.2) is 5.76 Å². The highest BCUT2D eigenvalue weighted by molar-refractivity contribution is 6.30. The number of hydrogen-bond acceptors (Lipinski definition) is 4. The highest BCUT2D eigenvalue weighted by Crippen LogP contribution is 2.35. The molecule has 0 aliphatic carbocycles. The maximum absolute atomic E-state index is 13.9. The summed E-state index contributed by atoms with van der Waals surface area (Å²) in [6, 6.07) is 12.1. The predicted molar refractivity (Wildman–Crippen MR) is 102 cm³/mol. The standard InChI is InChI=1S/C18H12ClFN2O.C2H5NO/c1-10-17-14-7-6-13(20)8-15(14)18(21-9-16(17)23-22-10)11-2-4-12(19)5-3-11;1-2(3)4/h2-8H,9H2,1H3;1H3,(H2,3,4). The van der Waals surface area contributed by atoms with Crippen LogP contribution in [0, 0.1) is 12.7 Å². The molecule has 0 fully saturated rings. The second kappa shape index (κ2) is 7.72. The van der Waals surface area contributed by atoms with Crippen molar-refractivity contribution in [3.8, 4) is 11.1 Å². The number of benzene rings is 2. The second-order valence-corrected chi connectivity index (χ2v) is 6.47. The van der Waals surface area contributed by atoms with Gasteiger partial charge in [-0.2, -0.15) is 0 Å². The summed E-state index contributed by atoms with van der Waals surface area (Å²) in [5.41, 5.74) is 9.37. The van der Waals surface area contributed by atoms with Gasteiger partial charge in [0.1, 0.15) is 12.4 Å². The van der Waals surface area contributed by atoms with E-state index >= 15 is 0 Å². The Bertz CT molecular complexity index is 1020. The number of hydrogen-bond donors (Lipinski definition) is 1. The van der Waals surface area contributed by atoms with Crippen molar-refractivity contribution in [2.24, 2.45) is 10.7 Å². The summed E-state index contributed by atoms with van der Waals surface area (Å²) in [5.74, 6) is 0.0577. The maximum Gasteiger partial charge on any atom is 0.214 e. The molecule has 2 aromatic carbocycles. The van der Waals surface area contributed by atoms with Gasteiger partial charge >= 0.3 is 0 Å². The normalized spacial score (nSPS) is 12.1. The van der Waals surface area contributed by atoms with Gasteiger partial charge in [0.05, 0.1) is 17.0 Å². The number of halogens is 2. The molecule has 0 saturated carbocycles. The van der Waals surface area contributed by atoms with E-state index in [1.54, 1.807) is 18.2 Å². The third kappa shape index (κ3) is 4.06. The van der Waals surface area contributed by atoms with E-state index in [-0.39, 0.29) is 11.7 Å². The topological polar surface area (TPSA) is 81.5 Å². The maximum atomic E-state index is 13.9. The number of aliphatic imine (C=N–C) groups is 1. The highest BCUT2D eigenvalue weighted by atomic mass is 35.5. The minimum absolute atomic E-state index is 0.303. The molecule has 138 valence electrons. The van der Waals surface area contributed by atoms with Crippen LogP contribution < -0.4 is 5.73 Å². The van der Waals surface area contributed by atoms with Crippen LogP contribution in [0.25, 0.3) is 11.1 Å². The fourth-order valence-electron chi connectivity index (χ4n) is 2.89. The summed E-state index contributed by atoms with van der Waals surface area (Å²) >= 11 is 5.96. The van der Waals surface area contributed by atoms with E-state index < -0.39 is 0 Å². The number of fused-ring (bicyclic) bond motifs is 3. The van der Waals surface area contributed by atoms with Gasteiger partial charge in [-0.25, -0.2) is 4.39 Å². The van der Waals surface area contributed by atoms with Crippen LogP contribution >= 0.6 is 11.6 Å². The van der Waals surface area contributed by atoms with Crippen LogP contribution in [-0.4, -0.2) is 16.8 Å². The molecule has 1 aliphatic rings. The van der Waals surface area contributed by atoms with Gasteiger partial charge in [-0.1, -0.05) is 35.0 Å². The number of amides is 1. The summed E-state index contributed by atoms with van der Waals surface area (Å²) in [6.07, 6.45) is 0. The van der Waals surface area contributed by atoms with Gasteiger partial charge in [-0.3, -0.25) is 9.79 Å².